The molecule has 1 heterocycles. The summed E-state index contributed by atoms with van der Waals surface area (Å²) in [6.07, 6.45) is 4.01. The van der Waals surface area contributed by atoms with Crippen molar-refractivity contribution in [3.63, 3.8) is 0 Å². The first-order valence-corrected chi connectivity index (χ1v) is 10.9. The maximum absolute atomic E-state index is 12.2. The second-order valence-electron chi connectivity index (χ2n) is 7.99. The average Bonchev–Trinajstić information content (AvgIpc) is 2.79. The van der Waals surface area contributed by atoms with E-state index >= 15 is 0 Å². The van der Waals surface area contributed by atoms with Crippen LogP contribution in [-0.2, 0) is 10.3 Å². The van der Waals surface area contributed by atoms with E-state index in [-0.39, 0.29) is 5.92 Å². The number of methoxy groups -OCH3 is 1. The molecule has 1 aliphatic rings. The largest absolute Gasteiger partial charge is 0.497 e. The summed E-state index contributed by atoms with van der Waals surface area (Å²) in [5, 5.41) is 12.2. The van der Waals surface area contributed by atoms with Crippen LogP contribution >= 0.6 is 0 Å². The van der Waals surface area contributed by atoms with Crippen molar-refractivity contribution in [1.82, 2.24) is 4.90 Å². The quantitative estimate of drug-likeness (QED) is 0.596. The Morgan fingerprint density at radius 2 is 1.72 bits per heavy atom. The fourth-order valence-electron chi connectivity index (χ4n) is 4.30. The third-order valence-electron chi connectivity index (χ3n) is 6.07. The van der Waals surface area contributed by atoms with Gasteiger partial charge in [-0.15, -0.1) is 0 Å². The Labute approximate surface area is 175 Å². The van der Waals surface area contributed by atoms with Crippen LogP contribution in [0.4, 0.5) is 0 Å². The smallest absolute Gasteiger partial charge is 0.118 e. The number of hydrogen-bond donors (Lipinski definition) is 1. The molecular formula is C25H35NO3. The first-order chi connectivity index (χ1) is 14.2. The fourth-order valence-corrected chi connectivity index (χ4v) is 4.30. The van der Waals surface area contributed by atoms with Gasteiger partial charge in [-0.1, -0.05) is 68.7 Å². The number of morpholine rings is 1. The van der Waals surface area contributed by atoms with Gasteiger partial charge < -0.3 is 14.6 Å². The van der Waals surface area contributed by atoms with Crippen LogP contribution < -0.4 is 4.74 Å². The molecule has 2 aromatic carbocycles. The van der Waals surface area contributed by atoms with Crippen LogP contribution in [-0.4, -0.2) is 50.0 Å². The van der Waals surface area contributed by atoms with Gasteiger partial charge in [-0.05, 0) is 29.7 Å². The van der Waals surface area contributed by atoms with Gasteiger partial charge in [-0.2, -0.15) is 0 Å². The monoisotopic (exact) mass is 397 g/mol. The van der Waals surface area contributed by atoms with Gasteiger partial charge in [-0.3, -0.25) is 4.90 Å². The summed E-state index contributed by atoms with van der Waals surface area (Å²) >= 11 is 0. The highest BCUT2D eigenvalue weighted by molar-refractivity contribution is 5.35. The van der Waals surface area contributed by atoms with Crippen LogP contribution in [0.15, 0.2) is 54.6 Å². The maximum Gasteiger partial charge on any atom is 0.118 e. The first-order valence-electron chi connectivity index (χ1n) is 10.9. The summed E-state index contributed by atoms with van der Waals surface area (Å²) in [5.41, 5.74) is 1.23. The van der Waals surface area contributed by atoms with E-state index in [0.29, 0.717) is 0 Å². The van der Waals surface area contributed by atoms with Crippen LogP contribution in [0.25, 0.3) is 0 Å². The van der Waals surface area contributed by atoms with Crippen LogP contribution in [0.3, 0.4) is 0 Å². The molecule has 29 heavy (non-hydrogen) atoms. The second kappa shape index (κ2) is 10.8. The zero-order chi connectivity index (χ0) is 20.5. The summed E-state index contributed by atoms with van der Waals surface area (Å²) in [6.45, 7) is 6.38. The predicted molar refractivity (Wildman–Crippen MR) is 117 cm³/mol. The molecule has 0 amide bonds. The molecule has 3 rings (SSSR count). The van der Waals surface area contributed by atoms with Gasteiger partial charge in [0.15, 0.2) is 0 Å². The molecule has 0 bridgehead atoms. The minimum atomic E-state index is -0.929. The molecule has 4 heteroatoms. The number of unbranched alkanes of at least 4 members (excludes halogenated alkanes) is 2. The Hall–Kier alpha value is -1.88. The van der Waals surface area contributed by atoms with Crippen molar-refractivity contribution in [2.75, 3.05) is 40.0 Å². The standard InChI is InChI=1S/C25H35NO3/c1-3-4-8-15-25(27,22-11-13-23(28-2)14-12-22)24(21-9-6-5-7-10-21)20-26-16-18-29-19-17-26/h5-7,9-14,24,27H,3-4,8,15-20H2,1-2H3/t24-,25+/m0/s1. The van der Waals surface area contributed by atoms with Crippen molar-refractivity contribution in [2.24, 2.45) is 0 Å². The van der Waals surface area contributed by atoms with E-state index in [1.807, 2.05) is 30.3 Å². The van der Waals surface area contributed by atoms with E-state index in [2.05, 4.69) is 36.1 Å². The average molecular weight is 398 g/mol. The van der Waals surface area contributed by atoms with Gasteiger partial charge in [0, 0.05) is 25.6 Å². The Kier molecular flexibility index (Phi) is 8.10. The summed E-state index contributed by atoms with van der Waals surface area (Å²) in [4.78, 5) is 2.43. The van der Waals surface area contributed by atoms with Crippen molar-refractivity contribution in [1.29, 1.82) is 0 Å². The highest BCUT2D eigenvalue weighted by Gasteiger charge is 2.40. The van der Waals surface area contributed by atoms with Crippen LogP contribution in [0.5, 0.6) is 5.75 Å². The minimum Gasteiger partial charge on any atom is -0.497 e. The molecule has 0 radical (unpaired) electrons. The van der Waals surface area contributed by atoms with Gasteiger partial charge in [0.25, 0.3) is 0 Å². The van der Waals surface area contributed by atoms with Crippen molar-refractivity contribution in [3.05, 3.63) is 65.7 Å². The van der Waals surface area contributed by atoms with E-state index < -0.39 is 5.60 Å². The van der Waals surface area contributed by atoms with Crippen LogP contribution in [0, 0.1) is 0 Å². The zero-order valence-corrected chi connectivity index (χ0v) is 17.8. The number of hydrogen-bond acceptors (Lipinski definition) is 4. The summed E-state index contributed by atoms with van der Waals surface area (Å²) in [6, 6.07) is 18.5. The third-order valence-corrected chi connectivity index (χ3v) is 6.07. The second-order valence-corrected chi connectivity index (χ2v) is 7.99. The van der Waals surface area contributed by atoms with Crippen LogP contribution in [0.1, 0.15) is 49.7 Å². The summed E-state index contributed by atoms with van der Waals surface area (Å²) in [5.74, 6) is 0.807. The van der Waals surface area contributed by atoms with Gasteiger partial charge in [-0.25, -0.2) is 0 Å². The number of benzene rings is 2. The topological polar surface area (TPSA) is 41.9 Å². The molecule has 0 saturated carbocycles. The normalized spacial score (nSPS) is 18.2. The molecule has 1 N–H and O–H groups in total. The Morgan fingerprint density at radius 1 is 1.03 bits per heavy atom. The lowest BCUT2D eigenvalue weighted by Gasteiger charge is -2.41. The van der Waals surface area contributed by atoms with E-state index in [1.165, 1.54) is 5.56 Å². The number of rotatable bonds is 10. The highest BCUT2D eigenvalue weighted by atomic mass is 16.5. The molecule has 1 aliphatic heterocycles. The summed E-state index contributed by atoms with van der Waals surface area (Å²) < 4.78 is 10.9. The SMILES string of the molecule is CCCCC[C@@](O)(c1ccc(OC)cc1)[C@@H](CN1CCOCC1)c1ccccc1. The highest BCUT2D eigenvalue weighted by Crippen LogP contribution is 2.42. The van der Waals surface area contributed by atoms with E-state index in [4.69, 9.17) is 9.47 Å². The molecule has 1 fully saturated rings. The van der Waals surface area contributed by atoms with E-state index in [1.54, 1.807) is 7.11 Å². The Morgan fingerprint density at radius 3 is 2.34 bits per heavy atom. The maximum atomic E-state index is 12.2. The fraction of sp³-hybridized carbons (Fsp3) is 0.520. The van der Waals surface area contributed by atoms with Gasteiger partial charge in [0.1, 0.15) is 5.75 Å². The molecule has 2 aromatic rings. The Bertz CT molecular complexity index is 713. The van der Waals surface area contributed by atoms with Crippen molar-refractivity contribution in [2.45, 2.75) is 44.1 Å². The molecule has 0 aliphatic carbocycles. The van der Waals surface area contributed by atoms with Crippen LogP contribution in [0.2, 0.25) is 0 Å². The first kappa shape index (κ1) is 21.8. The molecule has 4 nitrogen and oxygen atoms in total. The van der Waals surface area contributed by atoms with Crippen molar-refractivity contribution < 1.29 is 14.6 Å². The molecule has 2 atom stereocenters. The molecule has 1 saturated heterocycles. The number of aliphatic hydroxyl groups is 1. The summed E-state index contributed by atoms with van der Waals surface area (Å²) in [7, 11) is 1.67. The van der Waals surface area contributed by atoms with Crippen molar-refractivity contribution >= 4 is 0 Å². The number of nitrogens with zero attached hydrogens (tertiary/aromatic N) is 1. The van der Waals surface area contributed by atoms with E-state index in [9.17, 15) is 5.11 Å². The lowest BCUT2D eigenvalue weighted by Crippen LogP contribution is -2.45. The lowest BCUT2D eigenvalue weighted by atomic mass is 9.74. The molecule has 0 unspecified atom stereocenters. The Balaban J connectivity index is 1.97. The molecule has 0 spiro atoms. The van der Waals surface area contributed by atoms with Crippen molar-refractivity contribution in [3.8, 4) is 5.75 Å². The molecule has 0 aromatic heterocycles. The third kappa shape index (κ3) is 5.59. The predicted octanol–water partition coefficient (Wildman–Crippen LogP) is 4.58. The molecule has 158 valence electrons. The lowest BCUT2D eigenvalue weighted by molar-refractivity contribution is -0.0295. The van der Waals surface area contributed by atoms with Gasteiger partial charge >= 0.3 is 0 Å². The van der Waals surface area contributed by atoms with E-state index in [0.717, 1.165) is 69.8 Å². The van der Waals surface area contributed by atoms with Gasteiger partial charge in [0.2, 0.25) is 0 Å². The van der Waals surface area contributed by atoms with Gasteiger partial charge in [0.05, 0.1) is 25.9 Å². The molecular weight excluding hydrogens is 362 g/mol. The minimum absolute atomic E-state index is 0.00736. The number of ether oxygens (including phenoxy) is 2. The zero-order valence-electron chi connectivity index (χ0n) is 17.8.